The van der Waals surface area contributed by atoms with E-state index in [-0.39, 0.29) is 24.7 Å². The molecule has 0 spiro atoms. The van der Waals surface area contributed by atoms with Crippen LogP contribution in [0.2, 0.25) is 0 Å². The summed E-state index contributed by atoms with van der Waals surface area (Å²) in [5, 5.41) is 29.8. The number of ether oxygens (including phenoxy) is 1. The van der Waals surface area contributed by atoms with Crippen LogP contribution < -0.4 is 0 Å². The van der Waals surface area contributed by atoms with Crippen LogP contribution in [-0.2, 0) is 14.3 Å². The zero-order valence-electron chi connectivity index (χ0n) is 19.9. The number of thioether (sulfide) groups is 1. The first kappa shape index (κ1) is 28.7. The highest BCUT2D eigenvalue weighted by molar-refractivity contribution is 8.03. The highest BCUT2D eigenvalue weighted by Gasteiger charge is 2.34. The van der Waals surface area contributed by atoms with Crippen molar-refractivity contribution in [2.24, 2.45) is 11.8 Å². The Morgan fingerprint density at radius 1 is 1.16 bits per heavy atom. The van der Waals surface area contributed by atoms with Crippen molar-refractivity contribution in [1.29, 1.82) is 0 Å². The predicted octanol–water partition coefficient (Wildman–Crippen LogP) is 5.43. The Kier molecular flexibility index (Phi) is 14.7. The summed E-state index contributed by atoms with van der Waals surface area (Å²) in [7, 11) is 0. The van der Waals surface area contributed by atoms with E-state index in [2.05, 4.69) is 13.8 Å². The fraction of sp³-hybridized carbons (Fsp3) is 0.760. The van der Waals surface area contributed by atoms with Crippen LogP contribution in [0.5, 0.6) is 0 Å². The number of aliphatic carboxylic acids is 1. The quantitative estimate of drug-likeness (QED) is 0.148. The zero-order valence-corrected chi connectivity index (χ0v) is 20.7. The molecule has 0 radical (unpaired) electrons. The number of esters is 1. The van der Waals surface area contributed by atoms with Gasteiger partial charge in [-0.15, -0.1) is 11.8 Å². The number of aliphatic hydroxyl groups excluding tert-OH is 2. The molecule has 3 N–H and O–H groups in total. The smallest absolute Gasteiger partial charge is 0.310 e. The van der Waals surface area contributed by atoms with E-state index in [1.54, 1.807) is 17.8 Å². The van der Waals surface area contributed by atoms with Crippen LogP contribution in [0.1, 0.15) is 91.4 Å². The summed E-state index contributed by atoms with van der Waals surface area (Å²) in [6, 6.07) is 0. The minimum absolute atomic E-state index is 0.173. The van der Waals surface area contributed by atoms with Crippen molar-refractivity contribution in [3.05, 3.63) is 22.8 Å². The van der Waals surface area contributed by atoms with Gasteiger partial charge in [0.15, 0.2) is 0 Å². The molecule has 0 saturated heterocycles. The van der Waals surface area contributed by atoms with E-state index in [1.165, 1.54) is 0 Å². The van der Waals surface area contributed by atoms with Crippen molar-refractivity contribution in [2.45, 2.75) is 104 Å². The number of aliphatic hydroxyl groups is 2. The fourth-order valence-electron chi connectivity index (χ4n) is 3.80. The Labute approximate surface area is 197 Å². The first-order chi connectivity index (χ1) is 15.3. The van der Waals surface area contributed by atoms with E-state index in [0.717, 1.165) is 42.8 Å². The van der Waals surface area contributed by atoms with E-state index in [4.69, 9.17) is 9.84 Å². The molecule has 0 amide bonds. The number of carboxylic acids is 1. The minimum Gasteiger partial charge on any atom is -0.481 e. The third-order valence-electron chi connectivity index (χ3n) is 5.61. The summed E-state index contributed by atoms with van der Waals surface area (Å²) in [4.78, 5) is 23.5. The Balaban J connectivity index is 2.77. The lowest BCUT2D eigenvalue weighted by Crippen LogP contribution is -2.15. The minimum atomic E-state index is -0.780. The average Bonchev–Trinajstić information content (AvgIpc) is 3.01. The number of hydrogen-bond donors (Lipinski definition) is 3. The SMILES string of the molecule is CCCC[C@@H](C)C[C@H](O)C=C[C@@H]1C(SCCCCCC(=O)O)=C(OC(=O)CCC)C[C@H]1O. The van der Waals surface area contributed by atoms with Crippen LogP contribution in [0, 0.1) is 11.8 Å². The highest BCUT2D eigenvalue weighted by Crippen LogP contribution is 2.41. The molecule has 0 aromatic rings. The van der Waals surface area contributed by atoms with Crippen molar-refractivity contribution in [2.75, 3.05) is 5.75 Å². The van der Waals surface area contributed by atoms with E-state index in [0.29, 0.717) is 37.4 Å². The molecule has 1 rings (SSSR count). The van der Waals surface area contributed by atoms with Gasteiger partial charge in [-0.05, 0) is 37.4 Å². The molecule has 0 saturated carbocycles. The molecule has 7 heteroatoms. The second kappa shape index (κ2) is 16.3. The molecule has 0 aromatic carbocycles. The molecule has 0 fully saturated rings. The lowest BCUT2D eigenvalue weighted by Gasteiger charge is -2.17. The van der Waals surface area contributed by atoms with Gasteiger partial charge in [0.2, 0.25) is 0 Å². The van der Waals surface area contributed by atoms with Crippen molar-refractivity contribution in [1.82, 2.24) is 0 Å². The van der Waals surface area contributed by atoms with Gasteiger partial charge in [-0.25, -0.2) is 0 Å². The van der Waals surface area contributed by atoms with Gasteiger partial charge in [-0.1, -0.05) is 58.6 Å². The maximum atomic E-state index is 12.0. The van der Waals surface area contributed by atoms with Crippen molar-refractivity contribution in [3.8, 4) is 0 Å². The average molecular weight is 471 g/mol. The van der Waals surface area contributed by atoms with Gasteiger partial charge >= 0.3 is 11.9 Å². The Morgan fingerprint density at radius 2 is 1.91 bits per heavy atom. The molecule has 184 valence electrons. The zero-order chi connectivity index (χ0) is 23.9. The molecule has 1 aliphatic carbocycles. The normalized spacial score (nSPS) is 20.7. The molecular weight excluding hydrogens is 428 g/mol. The van der Waals surface area contributed by atoms with E-state index < -0.39 is 18.2 Å². The first-order valence-corrected chi connectivity index (χ1v) is 13.1. The molecule has 0 aromatic heterocycles. The Morgan fingerprint density at radius 3 is 2.56 bits per heavy atom. The predicted molar refractivity (Wildman–Crippen MR) is 129 cm³/mol. The molecule has 0 unspecified atom stereocenters. The molecule has 1 aliphatic rings. The van der Waals surface area contributed by atoms with Crippen LogP contribution in [0.15, 0.2) is 22.8 Å². The van der Waals surface area contributed by atoms with Gasteiger partial charge in [0.1, 0.15) is 5.76 Å². The van der Waals surface area contributed by atoms with Crippen LogP contribution >= 0.6 is 11.8 Å². The summed E-state index contributed by atoms with van der Waals surface area (Å²) in [5.41, 5.74) is 0. The molecule has 6 nitrogen and oxygen atoms in total. The largest absolute Gasteiger partial charge is 0.481 e. The number of carbonyl (C=O) groups excluding carboxylic acids is 1. The van der Waals surface area contributed by atoms with E-state index in [9.17, 15) is 19.8 Å². The Hall–Kier alpha value is -1.31. The topological polar surface area (TPSA) is 104 Å². The number of rotatable bonds is 17. The van der Waals surface area contributed by atoms with Crippen molar-refractivity contribution in [3.63, 3.8) is 0 Å². The van der Waals surface area contributed by atoms with Gasteiger partial charge in [0, 0.05) is 30.1 Å². The summed E-state index contributed by atoms with van der Waals surface area (Å²) < 4.78 is 5.58. The molecule has 0 bridgehead atoms. The molecule has 32 heavy (non-hydrogen) atoms. The highest BCUT2D eigenvalue weighted by atomic mass is 32.2. The van der Waals surface area contributed by atoms with Crippen LogP contribution in [-0.4, -0.2) is 45.2 Å². The number of unbranched alkanes of at least 4 members (excludes halogenated alkanes) is 3. The van der Waals surface area contributed by atoms with Gasteiger partial charge in [-0.2, -0.15) is 0 Å². The number of hydrogen-bond acceptors (Lipinski definition) is 6. The summed E-state index contributed by atoms with van der Waals surface area (Å²) >= 11 is 1.56. The van der Waals surface area contributed by atoms with Gasteiger partial charge in [0.05, 0.1) is 12.2 Å². The fourth-order valence-corrected chi connectivity index (χ4v) is 5.08. The second-order valence-electron chi connectivity index (χ2n) is 8.80. The summed E-state index contributed by atoms with van der Waals surface area (Å²) in [6.07, 6.45) is 10.2. The first-order valence-electron chi connectivity index (χ1n) is 12.1. The van der Waals surface area contributed by atoms with Gasteiger partial charge in [0.25, 0.3) is 0 Å². The number of carbonyl (C=O) groups is 2. The monoisotopic (exact) mass is 470 g/mol. The summed E-state index contributed by atoms with van der Waals surface area (Å²) in [5.74, 6) is 0.359. The van der Waals surface area contributed by atoms with Crippen molar-refractivity contribution < 1.29 is 29.6 Å². The molecule has 0 heterocycles. The summed E-state index contributed by atoms with van der Waals surface area (Å²) in [6.45, 7) is 6.22. The lowest BCUT2D eigenvalue weighted by atomic mass is 9.96. The van der Waals surface area contributed by atoms with Crippen LogP contribution in [0.4, 0.5) is 0 Å². The van der Waals surface area contributed by atoms with Gasteiger partial charge < -0.3 is 20.1 Å². The van der Waals surface area contributed by atoms with E-state index in [1.807, 2.05) is 13.0 Å². The molecule has 0 aliphatic heterocycles. The second-order valence-corrected chi connectivity index (χ2v) is 9.93. The lowest BCUT2D eigenvalue weighted by molar-refractivity contribution is -0.140. The standard InChI is InChI=1S/C25H42O6S/c1-4-6-11-18(3)16-19(26)13-14-20-21(27)17-22(31-24(30)10-5-2)25(20)32-15-9-7-8-12-23(28)29/h13-14,18-21,26-27H,4-12,15-17H2,1-3H3,(H,28,29)/t18-,19-,20+,21-/m1/s1. The van der Waals surface area contributed by atoms with Crippen LogP contribution in [0.3, 0.4) is 0 Å². The van der Waals surface area contributed by atoms with Crippen molar-refractivity contribution >= 4 is 23.7 Å². The number of carboxylic acid groups (broad SMARTS) is 1. The third-order valence-corrected chi connectivity index (χ3v) is 6.91. The van der Waals surface area contributed by atoms with Crippen LogP contribution in [0.25, 0.3) is 0 Å². The Bertz CT molecular complexity index is 630. The maximum absolute atomic E-state index is 12.0. The maximum Gasteiger partial charge on any atom is 0.310 e. The third kappa shape index (κ3) is 11.5. The van der Waals surface area contributed by atoms with E-state index >= 15 is 0 Å². The van der Waals surface area contributed by atoms with Gasteiger partial charge in [-0.3, -0.25) is 9.59 Å². The molecule has 4 atom stereocenters. The molecular formula is C25H42O6S.